The van der Waals surface area contributed by atoms with Gasteiger partial charge in [0.05, 0.1) is 11.2 Å². The number of rotatable bonds is 7. The Morgan fingerprint density at radius 1 is 1.09 bits per heavy atom. The van der Waals surface area contributed by atoms with Gasteiger partial charge in [0, 0.05) is 75.7 Å². The van der Waals surface area contributed by atoms with Gasteiger partial charge in [-0.1, -0.05) is 0 Å². The van der Waals surface area contributed by atoms with Crippen LogP contribution in [0.4, 0.5) is 27.5 Å². The number of hydrogen-bond donors (Lipinski definition) is 2. The molecule has 2 aromatic rings. The van der Waals surface area contributed by atoms with Crippen molar-refractivity contribution in [3.63, 3.8) is 0 Å². The molecule has 3 saturated carbocycles. The molecule has 1 aromatic heterocycles. The number of anilines is 4. The fourth-order valence-corrected chi connectivity index (χ4v) is 7.88. The molecule has 230 valence electrons. The number of hydrogen-bond acceptors (Lipinski definition) is 8. The Kier molecular flexibility index (Phi) is 7.08. The van der Waals surface area contributed by atoms with Crippen LogP contribution in [0.5, 0.6) is 0 Å². The Hall–Kier alpha value is -3.31. The molecule has 2 amide bonds. The molecule has 2 N–H and O–H groups in total. The maximum Gasteiger partial charge on any atom is 0.244 e. The molecule has 10 nitrogen and oxygen atoms in total. The first-order valence-electron chi connectivity index (χ1n) is 15.9. The number of amides is 2. The first-order valence-corrected chi connectivity index (χ1v) is 15.9. The predicted molar refractivity (Wildman–Crippen MR) is 164 cm³/mol. The summed E-state index contributed by atoms with van der Waals surface area (Å²) in [6.45, 7) is 10.2. The summed E-state index contributed by atoms with van der Waals surface area (Å²) < 4.78 is 15.4. The topological polar surface area (TPSA) is 96.9 Å². The number of nitrogens with zero attached hydrogens (tertiary/aromatic N) is 6. The van der Waals surface area contributed by atoms with Crippen molar-refractivity contribution < 1.29 is 14.0 Å². The van der Waals surface area contributed by atoms with Crippen molar-refractivity contribution in [1.82, 2.24) is 25.1 Å². The summed E-state index contributed by atoms with van der Waals surface area (Å²) in [5.74, 6) is 0.800. The van der Waals surface area contributed by atoms with Gasteiger partial charge in [-0.3, -0.25) is 19.4 Å². The molecular formula is C32H43FN8O2. The molecule has 1 atom stereocenters. The Morgan fingerprint density at radius 2 is 1.81 bits per heavy atom. The number of fused-ring (bicyclic) bond motifs is 1. The fourth-order valence-electron chi connectivity index (χ4n) is 7.88. The minimum atomic E-state index is -1.20. The number of carbonyl (C=O) groups excluding carboxylic acids is 2. The van der Waals surface area contributed by atoms with E-state index in [0.717, 1.165) is 76.9 Å². The van der Waals surface area contributed by atoms with Gasteiger partial charge in [0.2, 0.25) is 17.8 Å². The molecule has 0 unspecified atom stereocenters. The van der Waals surface area contributed by atoms with Crippen LogP contribution in [0, 0.1) is 17.2 Å². The van der Waals surface area contributed by atoms with E-state index in [4.69, 9.17) is 4.98 Å². The maximum absolute atomic E-state index is 15.4. The summed E-state index contributed by atoms with van der Waals surface area (Å²) in [4.78, 5) is 45.2. The number of piperazine rings is 1. The molecule has 6 aliphatic rings. The summed E-state index contributed by atoms with van der Waals surface area (Å²) in [6.07, 6.45) is 6.87. The number of piperidine rings is 1. The van der Waals surface area contributed by atoms with Crippen LogP contribution in [0.3, 0.4) is 0 Å². The molecule has 43 heavy (non-hydrogen) atoms. The molecule has 3 aliphatic carbocycles. The van der Waals surface area contributed by atoms with Crippen molar-refractivity contribution in [2.75, 3.05) is 68.0 Å². The second-order valence-electron chi connectivity index (χ2n) is 13.6. The smallest absolute Gasteiger partial charge is 0.244 e. The summed E-state index contributed by atoms with van der Waals surface area (Å²) >= 11 is 0. The van der Waals surface area contributed by atoms with Crippen molar-refractivity contribution in [2.45, 2.75) is 64.0 Å². The highest BCUT2D eigenvalue weighted by Crippen LogP contribution is 2.63. The van der Waals surface area contributed by atoms with E-state index >= 15 is 4.39 Å². The van der Waals surface area contributed by atoms with Crippen LogP contribution in [0.15, 0.2) is 24.4 Å². The van der Waals surface area contributed by atoms with Crippen LogP contribution in [-0.4, -0.2) is 96.0 Å². The third-order valence-corrected chi connectivity index (χ3v) is 10.7. The van der Waals surface area contributed by atoms with Crippen LogP contribution >= 0.6 is 0 Å². The summed E-state index contributed by atoms with van der Waals surface area (Å²) in [5.41, 5.74) is 0.500. The zero-order valence-electron chi connectivity index (χ0n) is 25.5. The van der Waals surface area contributed by atoms with Gasteiger partial charge in [-0.25, -0.2) is 9.37 Å². The Bertz CT molecular complexity index is 1400. The lowest BCUT2D eigenvalue weighted by Gasteiger charge is -2.67. The monoisotopic (exact) mass is 590 g/mol. The summed E-state index contributed by atoms with van der Waals surface area (Å²) in [5, 5.41) is 6.02. The molecule has 1 aromatic carbocycles. The van der Waals surface area contributed by atoms with Crippen LogP contribution in [-0.2, 0) is 16.0 Å². The largest absolute Gasteiger partial charge is 0.369 e. The van der Waals surface area contributed by atoms with Crippen LogP contribution < -0.4 is 20.4 Å². The van der Waals surface area contributed by atoms with E-state index in [2.05, 4.69) is 37.4 Å². The lowest BCUT2D eigenvalue weighted by molar-refractivity contribution is -0.145. The number of aromatic nitrogens is 2. The van der Waals surface area contributed by atoms with Crippen LogP contribution in [0.25, 0.3) is 0 Å². The van der Waals surface area contributed by atoms with Gasteiger partial charge in [-0.2, -0.15) is 4.98 Å². The zero-order valence-corrected chi connectivity index (χ0v) is 25.5. The van der Waals surface area contributed by atoms with E-state index in [1.165, 1.54) is 6.07 Å². The van der Waals surface area contributed by atoms with Crippen LogP contribution in [0.1, 0.15) is 51.5 Å². The molecule has 8 rings (SSSR count). The number of halogens is 1. The normalized spacial score (nSPS) is 29.5. The quantitative estimate of drug-likeness (QED) is 0.475. The molecular weight excluding hydrogens is 547 g/mol. The second-order valence-corrected chi connectivity index (χ2v) is 13.6. The van der Waals surface area contributed by atoms with Crippen molar-refractivity contribution >= 4 is 35.0 Å². The summed E-state index contributed by atoms with van der Waals surface area (Å²) in [6, 6.07) is 5.78. The Labute approximate surface area is 253 Å². The maximum atomic E-state index is 15.4. The lowest BCUT2D eigenvalue weighted by Crippen LogP contribution is -2.73. The van der Waals surface area contributed by atoms with Gasteiger partial charge in [0.15, 0.2) is 0 Å². The minimum Gasteiger partial charge on any atom is -0.369 e. The van der Waals surface area contributed by atoms with Gasteiger partial charge in [0.1, 0.15) is 17.1 Å². The number of carbonyl (C=O) groups is 2. The third-order valence-electron chi connectivity index (χ3n) is 10.7. The molecule has 0 radical (unpaired) electrons. The molecule has 3 aliphatic heterocycles. The van der Waals surface area contributed by atoms with Gasteiger partial charge in [0.25, 0.3) is 0 Å². The van der Waals surface area contributed by atoms with Crippen molar-refractivity contribution in [1.29, 1.82) is 0 Å². The molecule has 2 bridgehead atoms. The van der Waals surface area contributed by atoms with E-state index in [9.17, 15) is 9.59 Å². The van der Waals surface area contributed by atoms with Gasteiger partial charge >= 0.3 is 0 Å². The first-order chi connectivity index (χ1) is 20.7. The van der Waals surface area contributed by atoms with E-state index in [0.29, 0.717) is 41.6 Å². The number of benzene rings is 1. The Balaban J connectivity index is 1.06. The fraction of sp³-hybridized carbons (Fsp3) is 0.625. The highest BCUT2D eigenvalue weighted by Gasteiger charge is 2.65. The zero-order chi connectivity index (χ0) is 29.9. The van der Waals surface area contributed by atoms with Crippen LogP contribution in [0.2, 0.25) is 0 Å². The molecule has 11 heteroatoms. The van der Waals surface area contributed by atoms with E-state index < -0.39 is 5.41 Å². The van der Waals surface area contributed by atoms with Gasteiger partial charge < -0.3 is 20.4 Å². The number of nitrogens with one attached hydrogen (secondary N) is 2. The van der Waals surface area contributed by atoms with Gasteiger partial charge in [-0.05, 0) is 77.1 Å². The SMILES string of the molecule is CCNC(=O)[C@@]1(C)Cc2cnc(Nc3ccc(N4CCC(N5CCN(C)CC5)CC4)c(F)c3)nc2N(C23CC(C2)C3)C1=O. The van der Waals surface area contributed by atoms with E-state index in [1.807, 2.05) is 19.1 Å². The lowest BCUT2D eigenvalue weighted by atomic mass is 9.48. The van der Waals surface area contributed by atoms with Crippen molar-refractivity contribution in [3.8, 4) is 0 Å². The Morgan fingerprint density at radius 3 is 2.44 bits per heavy atom. The van der Waals surface area contributed by atoms with E-state index in [1.54, 1.807) is 18.0 Å². The minimum absolute atomic E-state index is 0.194. The number of likely N-dealkylation sites (N-methyl/N-ethyl adjacent to an activating group) is 1. The second kappa shape index (κ2) is 10.7. The van der Waals surface area contributed by atoms with E-state index in [-0.39, 0.29) is 29.6 Å². The average molecular weight is 591 g/mol. The van der Waals surface area contributed by atoms with Gasteiger partial charge in [-0.15, -0.1) is 0 Å². The predicted octanol–water partition coefficient (Wildman–Crippen LogP) is 3.16. The van der Waals surface area contributed by atoms with Crippen molar-refractivity contribution in [2.24, 2.45) is 11.3 Å². The molecule has 2 saturated heterocycles. The first kappa shape index (κ1) is 28.5. The highest BCUT2D eigenvalue weighted by atomic mass is 19.1. The third kappa shape index (κ3) is 4.84. The van der Waals surface area contributed by atoms with Crippen molar-refractivity contribution in [3.05, 3.63) is 35.8 Å². The molecule has 5 fully saturated rings. The average Bonchev–Trinajstić information content (AvgIpc) is 2.95. The highest BCUT2D eigenvalue weighted by molar-refractivity contribution is 6.14. The summed E-state index contributed by atoms with van der Waals surface area (Å²) in [7, 11) is 2.18. The standard InChI is InChI=1S/C32H43FN8O2/c1-4-34-28(42)31(2)19-22-20-35-30(37-27(22)41(29(31)43)32-16-21(17-32)18-32)36-23-5-6-26(25(33)15-23)40-9-7-24(8-10-40)39-13-11-38(3)12-14-39/h5-6,15,20-21,24H,4,7-14,16-19H2,1-3H3,(H,34,42)(H,35,36,37)/t21?,31-,32?/m1/s1. The molecule has 0 spiro atoms. The molecule has 4 heterocycles.